The molecule has 1 unspecified atom stereocenters. The molecule has 2 N–H and O–H groups in total. The Kier molecular flexibility index (Phi) is 11.4. The highest BCUT2D eigenvalue weighted by Gasteiger charge is 2.30. The van der Waals surface area contributed by atoms with Gasteiger partial charge >= 0.3 is 0 Å². The lowest BCUT2D eigenvalue weighted by atomic mass is 9.91. The van der Waals surface area contributed by atoms with E-state index in [9.17, 15) is 0 Å². The Bertz CT molecular complexity index is 241. The zero-order valence-corrected chi connectivity index (χ0v) is 15.6. The van der Waals surface area contributed by atoms with Gasteiger partial charge in [-0.25, -0.2) is 0 Å². The lowest BCUT2D eigenvalue weighted by Gasteiger charge is -2.42. The number of likely N-dealkylation sites (N-methyl/N-ethyl adjacent to an activating group) is 1. The summed E-state index contributed by atoms with van der Waals surface area (Å²) in [7, 11) is 4.30. The van der Waals surface area contributed by atoms with Crippen LogP contribution in [0.1, 0.15) is 66.2 Å². The molecular weight excluding hydrogens is 258 g/mol. The summed E-state index contributed by atoms with van der Waals surface area (Å²) in [6, 6.07) is 0. The van der Waals surface area contributed by atoms with Crippen LogP contribution in [-0.4, -0.2) is 55.6 Å². The predicted octanol–water partition coefficient (Wildman–Crippen LogP) is 3.58. The molecule has 0 bridgehead atoms. The molecule has 0 aliphatic carbocycles. The van der Waals surface area contributed by atoms with Gasteiger partial charge in [0.2, 0.25) is 0 Å². The first-order valence-corrected chi connectivity index (χ1v) is 8.95. The molecule has 0 rings (SSSR count). The molecule has 0 saturated heterocycles. The van der Waals surface area contributed by atoms with Gasteiger partial charge in [0, 0.05) is 31.7 Å². The van der Waals surface area contributed by atoms with Crippen molar-refractivity contribution in [3.05, 3.63) is 0 Å². The fraction of sp³-hybridized carbons (Fsp3) is 1.00. The lowest BCUT2D eigenvalue weighted by Crippen LogP contribution is -2.54. The Labute approximate surface area is 134 Å². The van der Waals surface area contributed by atoms with Crippen molar-refractivity contribution in [1.29, 1.82) is 0 Å². The van der Waals surface area contributed by atoms with Gasteiger partial charge in [-0.05, 0) is 33.4 Å². The minimum Gasteiger partial charge on any atom is -0.329 e. The van der Waals surface area contributed by atoms with Crippen molar-refractivity contribution in [1.82, 2.24) is 9.80 Å². The normalized spacial score (nSPS) is 15.1. The van der Waals surface area contributed by atoms with Gasteiger partial charge < -0.3 is 10.6 Å². The van der Waals surface area contributed by atoms with Gasteiger partial charge in [0.1, 0.15) is 0 Å². The highest BCUT2D eigenvalue weighted by molar-refractivity contribution is 4.88. The standard InChI is InChI=1S/C18H41N3/c1-7-8-9-10-11-12-18(4,16-19)21(15-17(2)3)14-13-20(5)6/h17H,7-16,19H2,1-6H3. The molecular formula is C18H41N3. The van der Waals surface area contributed by atoms with Crippen molar-refractivity contribution >= 4 is 0 Å². The van der Waals surface area contributed by atoms with Gasteiger partial charge in [-0.1, -0.05) is 52.9 Å². The second-order valence-corrected chi connectivity index (χ2v) is 7.51. The first-order chi connectivity index (χ1) is 9.85. The van der Waals surface area contributed by atoms with Crippen molar-refractivity contribution in [3.63, 3.8) is 0 Å². The molecule has 0 fully saturated rings. The number of hydrogen-bond donors (Lipinski definition) is 1. The molecule has 0 spiro atoms. The van der Waals surface area contributed by atoms with E-state index in [1.54, 1.807) is 0 Å². The highest BCUT2D eigenvalue weighted by Crippen LogP contribution is 2.23. The van der Waals surface area contributed by atoms with Crippen LogP contribution in [0.2, 0.25) is 0 Å². The smallest absolute Gasteiger partial charge is 0.0304 e. The molecule has 3 nitrogen and oxygen atoms in total. The van der Waals surface area contributed by atoms with Gasteiger partial charge in [-0.15, -0.1) is 0 Å². The predicted molar refractivity (Wildman–Crippen MR) is 95.8 cm³/mol. The molecule has 0 amide bonds. The summed E-state index contributed by atoms with van der Waals surface area (Å²) in [4.78, 5) is 4.91. The van der Waals surface area contributed by atoms with E-state index in [0.29, 0.717) is 5.92 Å². The van der Waals surface area contributed by atoms with E-state index < -0.39 is 0 Å². The van der Waals surface area contributed by atoms with Crippen LogP contribution in [0.5, 0.6) is 0 Å². The summed E-state index contributed by atoms with van der Waals surface area (Å²) in [5, 5.41) is 0. The zero-order valence-electron chi connectivity index (χ0n) is 15.6. The fourth-order valence-corrected chi connectivity index (χ4v) is 2.84. The Morgan fingerprint density at radius 3 is 2.10 bits per heavy atom. The van der Waals surface area contributed by atoms with Crippen LogP contribution in [0, 0.1) is 5.92 Å². The minimum absolute atomic E-state index is 0.159. The van der Waals surface area contributed by atoms with Crippen LogP contribution in [-0.2, 0) is 0 Å². The van der Waals surface area contributed by atoms with Crippen LogP contribution < -0.4 is 5.73 Å². The number of nitrogens with zero attached hydrogens (tertiary/aromatic N) is 2. The first kappa shape index (κ1) is 20.9. The minimum atomic E-state index is 0.159. The molecule has 0 aromatic heterocycles. The molecule has 0 heterocycles. The van der Waals surface area contributed by atoms with E-state index in [0.717, 1.165) is 26.2 Å². The highest BCUT2D eigenvalue weighted by atomic mass is 15.2. The zero-order chi connectivity index (χ0) is 16.3. The number of nitrogens with two attached hydrogens (primary N) is 1. The van der Waals surface area contributed by atoms with Crippen molar-refractivity contribution in [2.45, 2.75) is 71.8 Å². The molecule has 21 heavy (non-hydrogen) atoms. The molecule has 0 aromatic carbocycles. The lowest BCUT2D eigenvalue weighted by molar-refractivity contribution is 0.0774. The first-order valence-electron chi connectivity index (χ1n) is 8.95. The summed E-state index contributed by atoms with van der Waals surface area (Å²) in [6.45, 7) is 13.4. The maximum atomic E-state index is 6.18. The Hall–Kier alpha value is -0.120. The number of rotatable bonds is 13. The van der Waals surface area contributed by atoms with Crippen LogP contribution in [0.3, 0.4) is 0 Å². The summed E-state index contributed by atoms with van der Waals surface area (Å²) >= 11 is 0. The van der Waals surface area contributed by atoms with Crippen LogP contribution >= 0.6 is 0 Å². The third-order valence-corrected chi connectivity index (χ3v) is 4.42. The third kappa shape index (κ3) is 9.49. The average molecular weight is 300 g/mol. The Morgan fingerprint density at radius 1 is 1.00 bits per heavy atom. The molecule has 0 saturated carbocycles. The third-order valence-electron chi connectivity index (χ3n) is 4.42. The van der Waals surface area contributed by atoms with Crippen molar-refractivity contribution in [3.8, 4) is 0 Å². The van der Waals surface area contributed by atoms with Crippen molar-refractivity contribution < 1.29 is 0 Å². The van der Waals surface area contributed by atoms with Gasteiger partial charge in [0.05, 0.1) is 0 Å². The SMILES string of the molecule is CCCCCCCC(C)(CN)N(CCN(C)C)CC(C)C. The van der Waals surface area contributed by atoms with Crippen LogP contribution in [0.4, 0.5) is 0 Å². The van der Waals surface area contributed by atoms with E-state index in [4.69, 9.17) is 5.73 Å². The van der Waals surface area contributed by atoms with Gasteiger partial charge in [0.15, 0.2) is 0 Å². The van der Waals surface area contributed by atoms with E-state index >= 15 is 0 Å². The maximum Gasteiger partial charge on any atom is 0.0304 e. The molecule has 0 radical (unpaired) electrons. The summed E-state index contributed by atoms with van der Waals surface area (Å²) in [6.07, 6.45) is 7.95. The topological polar surface area (TPSA) is 32.5 Å². The molecule has 0 aromatic rings. The second kappa shape index (κ2) is 11.4. The summed E-state index contributed by atoms with van der Waals surface area (Å²) < 4.78 is 0. The second-order valence-electron chi connectivity index (χ2n) is 7.51. The quantitative estimate of drug-likeness (QED) is 0.528. The van der Waals surface area contributed by atoms with E-state index in [1.165, 1.54) is 38.5 Å². The molecule has 3 heteroatoms. The summed E-state index contributed by atoms with van der Waals surface area (Å²) in [5.41, 5.74) is 6.33. The maximum absolute atomic E-state index is 6.18. The van der Waals surface area contributed by atoms with E-state index in [1.807, 2.05) is 0 Å². The number of unbranched alkanes of at least 4 members (excludes halogenated alkanes) is 4. The van der Waals surface area contributed by atoms with Crippen molar-refractivity contribution in [2.24, 2.45) is 11.7 Å². The van der Waals surface area contributed by atoms with E-state index in [2.05, 4.69) is 51.6 Å². The van der Waals surface area contributed by atoms with Gasteiger partial charge in [-0.3, -0.25) is 4.90 Å². The largest absolute Gasteiger partial charge is 0.329 e. The van der Waals surface area contributed by atoms with Crippen LogP contribution in [0.25, 0.3) is 0 Å². The summed E-state index contributed by atoms with van der Waals surface area (Å²) in [5.74, 6) is 0.693. The fourth-order valence-electron chi connectivity index (χ4n) is 2.84. The molecule has 128 valence electrons. The number of hydrogen-bond acceptors (Lipinski definition) is 3. The van der Waals surface area contributed by atoms with Crippen LogP contribution in [0.15, 0.2) is 0 Å². The molecule has 1 atom stereocenters. The molecule has 0 aliphatic rings. The van der Waals surface area contributed by atoms with Gasteiger partial charge in [0.25, 0.3) is 0 Å². The Morgan fingerprint density at radius 2 is 1.62 bits per heavy atom. The Balaban J connectivity index is 4.50. The average Bonchev–Trinajstić information content (AvgIpc) is 2.42. The van der Waals surface area contributed by atoms with Crippen molar-refractivity contribution in [2.75, 3.05) is 40.3 Å². The monoisotopic (exact) mass is 299 g/mol. The van der Waals surface area contributed by atoms with E-state index in [-0.39, 0.29) is 5.54 Å². The molecule has 0 aliphatic heterocycles. The van der Waals surface area contributed by atoms with Gasteiger partial charge in [-0.2, -0.15) is 0 Å².